The first-order chi connectivity index (χ1) is 11.5. The third kappa shape index (κ3) is 3.58. The van der Waals surface area contributed by atoms with Gasteiger partial charge in [0.25, 0.3) is 5.91 Å². The molecule has 0 atom stereocenters. The molecule has 1 aromatic heterocycles. The number of ether oxygens (including phenoxy) is 1. The number of nitrogens with one attached hydrogen (secondary N) is 2. The number of amides is 1. The number of carbonyl (C=O) groups excluding carboxylic acids is 1. The summed E-state index contributed by atoms with van der Waals surface area (Å²) in [6.07, 6.45) is 0. The molecule has 0 bridgehead atoms. The van der Waals surface area contributed by atoms with Gasteiger partial charge < -0.3 is 15.0 Å². The van der Waals surface area contributed by atoms with Gasteiger partial charge in [-0.2, -0.15) is 0 Å². The molecule has 0 spiro atoms. The summed E-state index contributed by atoms with van der Waals surface area (Å²) < 4.78 is 5.55. The van der Waals surface area contributed by atoms with E-state index in [1.54, 1.807) is 30.3 Å². The summed E-state index contributed by atoms with van der Waals surface area (Å²) in [5.41, 5.74) is 1.87. The Morgan fingerprint density at radius 3 is 2.83 bits per heavy atom. The number of aryl methyl sites for hydroxylation is 1. The van der Waals surface area contributed by atoms with Crippen LogP contribution < -0.4 is 15.6 Å². The summed E-state index contributed by atoms with van der Waals surface area (Å²) in [4.78, 5) is 26.2. The number of hydrogen-bond donors (Lipinski definition) is 2. The molecule has 0 aliphatic rings. The predicted octanol–water partition coefficient (Wildman–Crippen LogP) is 3.51. The molecule has 0 radical (unpaired) electrons. The molecule has 2 N–H and O–H groups in total. The van der Waals surface area contributed by atoms with E-state index in [9.17, 15) is 9.59 Å². The van der Waals surface area contributed by atoms with Crippen LogP contribution in [0.2, 0.25) is 5.02 Å². The quantitative estimate of drug-likeness (QED) is 0.762. The van der Waals surface area contributed by atoms with Crippen LogP contribution in [0.25, 0.3) is 10.9 Å². The number of anilines is 1. The van der Waals surface area contributed by atoms with Crippen molar-refractivity contribution in [3.63, 3.8) is 0 Å². The first-order valence-corrected chi connectivity index (χ1v) is 7.71. The molecule has 6 heteroatoms. The summed E-state index contributed by atoms with van der Waals surface area (Å²) in [6, 6.07) is 13.9. The van der Waals surface area contributed by atoms with Gasteiger partial charge in [-0.1, -0.05) is 29.8 Å². The molecule has 5 nitrogen and oxygen atoms in total. The van der Waals surface area contributed by atoms with Crippen molar-refractivity contribution < 1.29 is 9.53 Å². The number of benzene rings is 2. The van der Waals surface area contributed by atoms with Crippen LogP contribution in [-0.2, 0) is 4.79 Å². The highest BCUT2D eigenvalue weighted by atomic mass is 35.5. The van der Waals surface area contributed by atoms with E-state index in [2.05, 4.69) is 10.3 Å². The second kappa shape index (κ2) is 6.76. The summed E-state index contributed by atoms with van der Waals surface area (Å²) >= 11 is 6.09. The van der Waals surface area contributed by atoms with Crippen LogP contribution in [0.1, 0.15) is 5.56 Å². The van der Waals surface area contributed by atoms with Crippen LogP contribution in [0.4, 0.5) is 5.69 Å². The average Bonchev–Trinajstić information content (AvgIpc) is 2.55. The Balaban J connectivity index is 1.72. The number of aromatic amines is 1. The summed E-state index contributed by atoms with van der Waals surface area (Å²) in [7, 11) is 0. The highest BCUT2D eigenvalue weighted by Gasteiger charge is 2.09. The number of carbonyl (C=O) groups is 1. The van der Waals surface area contributed by atoms with Gasteiger partial charge in [-0.25, -0.2) is 0 Å². The molecular formula is C18H15ClN2O3. The molecule has 1 amide bonds. The summed E-state index contributed by atoms with van der Waals surface area (Å²) in [6.45, 7) is 1.72. The number of hydrogen-bond acceptors (Lipinski definition) is 3. The fourth-order valence-electron chi connectivity index (χ4n) is 2.32. The molecule has 0 unspecified atom stereocenters. The second-order valence-electron chi connectivity index (χ2n) is 5.36. The largest absolute Gasteiger partial charge is 0.482 e. The highest BCUT2D eigenvalue weighted by Crippen LogP contribution is 2.24. The van der Waals surface area contributed by atoms with Crippen LogP contribution in [0.5, 0.6) is 5.75 Å². The van der Waals surface area contributed by atoms with Gasteiger partial charge in [0.2, 0.25) is 5.56 Å². The Kier molecular flexibility index (Phi) is 4.53. The van der Waals surface area contributed by atoms with Gasteiger partial charge in [0, 0.05) is 11.5 Å². The van der Waals surface area contributed by atoms with Gasteiger partial charge in [0.1, 0.15) is 5.75 Å². The highest BCUT2D eigenvalue weighted by molar-refractivity contribution is 6.33. The molecule has 1 heterocycles. The minimum atomic E-state index is -0.337. The molecule has 0 aliphatic heterocycles. The van der Waals surface area contributed by atoms with Gasteiger partial charge in [0.15, 0.2) is 6.61 Å². The van der Waals surface area contributed by atoms with E-state index in [0.29, 0.717) is 22.0 Å². The lowest BCUT2D eigenvalue weighted by molar-refractivity contribution is -0.118. The predicted molar refractivity (Wildman–Crippen MR) is 94.9 cm³/mol. The summed E-state index contributed by atoms with van der Waals surface area (Å²) in [5.74, 6) is 0.103. The molecule has 0 fully saturated rings. The number of aromatic nitrogens is 1. The van der Waals surface area contributed by atoms with Crippen molar-refractivity contribution in [3.8, 4) is 5.75 Å². The number of rotatable bonds is 4. The molecular weight excluding hydrogens is 328 g/mol. The number of fused-ring (bicyclic) bond motifs is 1. The van der Waals surface area contributed by atoms with E-state index in [1.807, 2.05) is 19.1 Å². The normalized spacial score (nSPS) is 10.6. The molecule has 0 saturated heterocycles. The third-order valence-electron chi connectivity index (χ3n) is 3.48. The SMILES string of the molecule is Cc1ccc(NC(=O)COc2cccc3ccc(=O)[nH]c23)c(Cl)c1. The van der Waals surface area contributed by atoms with E-state index in [4.69, 9.17) is 16.3 Å². The van der Waals surface area contributed by atoms with Gasteiger partial charge in [-0.15, -0.1) is 0 Å². The lowest BCUT2D eigenvalue weighted by Gasteiger charge is -2.10. The number of pyridine rings is 1. The molecule has 0 saturated carbocycles. The Morgan fingerprint density at radius 1 is 1.21 bits per heavy atom. The maximum absolute atomic E-state index is 12.1. The van der Waals surface area contributed by atoms with E-state index in [0.717, 1.165) is 10.9 Å². The Hall–Kier alpha value is -2.79. The molecule has 3 rings (SSSR count). The van der Waals surface area contributed by atoms with Crippen molar-refractivity contribution in [1.82, 2.24) is 4.98 Å². The van der Waals surface area contributed by atoms with Crippen molar-refractivity contribution in [3.05, 3.63) is 69.5 Å². The van der Waals surface area contributed by atoms with Crippen molar-refractivity contribution in [2.75, 3.05) is 11.9 Å². The average molecular weight is 343 g/mol. The molecule has 2 aromatic carbocycles. The molecule has 122 valence electrons. The number of para-hydroxylation sites is 1. The van der Waals surface area contributed by atoms with Crippen LogP contribution in [0.3, 0.4) is 0 Å². The maximum Gasteiger partial charge on any atom is 0.262 e. The van der Waals surface area contributed by atoms with Crippen molar-refractivity contribution >= 4 is 34.1 Å². The van der Waals surface area contributed by atoms with E-state index < -0.39 is 0 Å². The third-order valence-corrected chi connectivity index (χ3v) is 3.79. The van der Waals surface area contributed by atoms with Crippen LogP contribution in [-0.4, -0.2) is 17.5 Å². The molecule has 24 heavy (non-hydrogen) atoms. The zero-order valence-electron chi connectivity index (χ0n) is 12.9. The van der Waals surface area contributed by atoms with E-state index in [1.165, 1.54) is 6.07 Å². The molecule has 0 aliphatic carbocycles. The topological polar surface area (TPSA) is 71.2 Å². The molecule has 3 aromatic rings. The lowest BCUT2D eigenvalue weighted by atomic mass is 10.2. The summed E-state index contributed by atoms with van der Waals surface area (Å²) in [5, 5.41) is 4.00. The van der Waals surface area contributed by atoms with Gasteiger partial charge in [0.05, 0.1) is 16.2 Å². The number of halogens is 1. The fourth-order valence-corrected chi connectivity index (χ4v) is 2.60. The van der Waals surface area contributed by atoms with Crippen LogP contribution in [0.15, 0.2) is 53.3 Å². The first kappa shape index (κ1) is 16.1. The second-order valence-corrected chi connectivity index (χ2v) is 5.77. The van der Waals surface area contributed by atoms with E-state index in [-0.39, 0.29) is 18.1 Å². The van der Waals surface area contributed by atoms with Crippen molar-refractivity contribution in [1.29, 1.82) is 0 Å². The monoisotopic (exact) mass is 342 g/mol. The van der Waals surface area contributed by atoms with E-state index >= 15 is 0 Å². The number of H-pyrrole nitrogens is 1. The van der Waals surface area contributed by atoms with Crippen molar-refractivity contribution in [2.24, 2.45) is 0 Å². The van der Waals surface area contributed by atoms with Gasteiger partial charge in [-0.3, -0.25) is 9.59 Å². The Labute approximate surface area is 143 Å². The van der Waals surface area contributed by atoms with Crippen LogP contribution in [0, 0.1) is 6.92 Å². The fraction of sp³-hybridized carbons (Fsp3) is 0.111. The van der Waals surface area contributed by atoms with Crippen LogP contribution >= 0.6 is 11.6 Å². The Morgan fingerprint density at radius 2 is 2.04 bits per heavy atom. The Bertz CT molecular complexity index is 966. The lowest BCUT2D eigenvalue weighted by Crippen LogP contribution is -2.20. The smallest absolute Gasteiger partial charge is 0.262 e. The standard InChI is InChI=1S/C18H15ClN2O3/c1-11-5-7-14(13(19)9-11)20-17(23)10-24-15-4-2-3-12-6-8-16(22)21-18(12)15/h2-9H,10H2,1H3,(H,20,23)(H,21,22). The van der Waals surface area contributed by atoms with Gasteiger partial charge >= 0.3 is 0 Å². The first-order valence-electron chi connectivity index (χ1n) is 7.34. The minimum absolute atomic E-state index is 0.194. The van der Waals surface area contributed by atoms with Crippen molar-refractivity contribution in [2.45, 2.75) is 6.92 Å². The minimum Gasteiger partial charge on any atom is -0.482 e. The maximum atomic E-state index is 12.1. The van der Waals surface area contributed by atoms with Gasteiger partial charge in [-0.05, 0) is 36.8 Å². The zero-order valence-corrected chi connectivity index (χ0v) is 13.7. The zero-order chi connectivity index (χ0) is 17.1.